The maximum absolute atomic E-state index is 10.2. The molecule has 11 heteroatoms. The van der Waals surface area contributed by atoms with Crippen molar-refractivity contribution in [2.24, 2.45) is 0 Å². The Morgan fingerprint density at radius 1 is 0.168 bits per heavy atom. The monoisotopic (exact) mass is 1450 g/mol. The van der Waals surface area contributed by atoms with Crippen LogP contribution in [0.5, 0.6) is 0 Å². The SMILES string of the molecule is CCCCC/C=C\C/C=C\CCCCCCCC(=O)[O-].CCCCC/C=C\C/C=C\CCCCCCCC(=O)[O-].CCCCC/C=C\C/C=C\CCCCCCCC(=O)[O-].CCCCC/C=C\C/C=C\CCCCCCCC(=O)[O-].CCCCC/C=C\C/C=C\CCCCCCCC(=O)[O-].[V]. The van der Waals surface area contributed by atoms with E-state index in [-0.39, 0.29) is 50.7 Å². The third kappa shape index (κ3) is 129. The summed E-state index contributed by atoms with van der Waals surface area (Å²) < 4.78 is 0. The maximum atomic E-state index is 10.2. The predicted molar refractivity (Wildman–Crippen MR) is 422 cm³/mol. The van der Waals surface area contributed by atoms with Gasteiger partial charge in [0.05, 0.1) is 0 Å². The molecule has 0 aromatic rings. The second-order valence-corrected chi connectivity index (χ2v) is 26.8. The van der Waals surface area contributed by atoms with Gasteiger partial charge < -0.3 is 49.5 Å². The van der Waals surface area contributed by atoms with Gasteiger partial charge in [0.2, 0.25) is 0 Å². The second-order valence-electron chi connectivity index (χ2n) is 26.8. The summed E-state index contributed by atoms with van der Waals surface area (Å²) in [4.78, 5) is 51.0. The van der Waals surface area contributed by atoms with Gasteiger partial charge in [-0.1, -0.05) is 317 Å². The van der Waals surface area contributed by atoms with Crippen LogP contribution in [0, 0.1) is 0 Å². The zero-order valence-electron chi connectivity index (χ0n) is 66.0. The quantitative estimate of drug-likeness (QED) is 0.0417. The Morgan fingerprint density at radius 3 is 0.396 bits per heavy atom. The van der Waals surface area contributed by atoms with E-state index in [1.165, 1.54) is 193 Å². The molecule has 0 atom stereocenters. The smallest absolute Gasteiger partial charge is 0.0414 e. The summed E-state index contributed by atoms with van der Waals surface area (Å²) in [6.45, 7) is 11.2. The van der Waals surface area contributed by atoms with Crippen LogP contribution in [0.3, 0.4) is 0 Å². The average molecular weight is 1450 g/mol. The summed E-state index contributed by atoms with van der Waals surface area (Å²) >= 11 is 0. The van der Waals surface area contributed by atoms with Crippen LogP contribution in [-0.4, -0.2) is 29.8 Å². The number of hydrogen-bond acceptors (Lipinski definition) is 10. The van der Waals surface area contributed by atoms with Gasteiger partial charge in [0.1, 0.15) is 0 Å². The molecule has 10 nitrogen and oxygen atoms in total. The molecule has 0 aliphatic carbocycles. The molecule has 1 radical (unpaired) electrons. The van der Waals surface area contributed by atoms with E-state index in [4.69, 9.17) is 0 Å². The summed E-state index contributed by atoms with van der Waals surface area (Å²) in [5.74, 6) is -4.60. The molecule has 0 N–H and O–H groups in total. The third-order valence-corrected chi connectivity index (χ3v) is 16.7. The topological polar surface area (TPSA) is 201 Å². The Kier molecular flexibility index (Phi) is 110. The minimum atomic E-state index is -0.921. The number of carbonyl (C=O) groups is 5. The van der Waals surface area contributed by atoms with Gasteiger partial charge in [-0.25, -0.2) is 0 Å². The first-order chi connectivity index (χ1) is 48.9. The molecule has 585 valence electrons. The number of unbranched alkanes of at least 4 members (excludes halogenated alkanes) is 40. The van der Waals surface area contributed by atoms with Crippen LogP contribution >= 0.6 is 0 Å². The standard InChI is InChI=1S/5C18H32O2.V/c5*1-2-3-4-5-6-7-8-9-10-11-12-13-14-15-16-17-18(19)20;/h5*6-7,9-10H,2-5,8,11-17H2,1H3,(H,19,20);/p-5/b5*7-6-,10-9-;. The Morgan fingerprint density at radius 2 is 0.277 bits per heavy atom. The summed E-state index contributed by atoms with van der Waals surface area (Å²) in [6, 6.07) is 0. The fourth-order valence-electron chi connectivity index (χ4n) is 10.4. The maximum Gasteiger partial charge on any atom is 0.0414 e. The normalized spacial score (nSPS) is 11.5. The van der Waals surface area contributed by atoms with Crippen LogP contribution < -0.4 is 25.5 Å². The average Bonchev–Trinajstić information content (AvgIpc) is 3.67. The molecule has 0 aliphatic rings. The zero-order valence-corrected chi connectivity index (χ0v) is 67.4. The summed E-state index contributed by atoms with van der Waals surface area (Å²) in [5, 5.41) is 51.0. The first kappa shape index (κ1) is 107. The van der Waals surface area contributed by atoms with Gasteiger partial charge >= 0.3 is 0 Å². The Hall–Kier alpha value is -4.67. The summed E-state index contributed by atoms with van der Waals surface area (Å²) in [7, 11) is 0. The van der Waals surface area contributed by atoms with Crippen molar-refractivity contribution in [2.75, 3.05) is 0 Å². The third-order valence-electron chi connectivity index (χ3n) is 16.7. The number of aliphatic carboxylic acids is 5. The predicted octanol–water partition coefficient (Wildman–Crippen LogP) is 22.7. The fourth-order valence-corrected chi connectivity index (χ4v) is 10.4. The van der Waals surface area contributed by atoms with Crippen LogP contribution in [0.15, 0.2) is 122 Å². The van der Waals surface area contributed by atoms with E-state index in [0.29, 0.717) is 0 Å². The van der Waals surface area contributed by atoms with Crippen LogP contribution in [-0.2, 0) is 42.5 Å². The molecular weight excluding hydrogens is 1290 g/mol. The molecule has 0 saturated carbocycles. The van der Waals surface area contributed by atoms with Gasteiger partial charge in [0.15, 0.2) is 0 Å². The molecule has 101 heavy (non-hydrogen) atoms. The number of carbonyl (C=O) groups excluding carboxylic acids is 5. The van der Waals surface area contributed by atoms with Crippen molar-refractivity contribution < 1.29 is 68.1 Å². The van der Waals surface area contributed by atoms with Crippen LogP contribution in [0.2, 0.25) is 0 Å². The van der Waals surface area contributed by atoms with Gasteiger partial charge in [-0.3, -0.25) is 0 Å². The zero-order chi connectivity index (χ0) is 74.5. The Labute approximate surface area is 635 Å². The van der Waals surface area contributed by atoms with E-state index >= 15 is 0 Å². The fraction of sp³-hybridized carbons (Fsp3) is 0.722. The van der Waals surface area contributed by atoms with Gasteiger partial charge in [-0.2, -0.15) is 0 Å². The molecular formula is C90H155O10V-5. The van der Waals surface area contributed by atoms with Crippen molar-refractivity contribution in [2.45, 2.75) is 420 Å². The van der Waals surface area contributed by atoms with Crippen molar-refractivity contribution >= 4 is 29.8 Å². The van der Waals surface area contributed by atoms with Crippen LogP contribution in [0.1, 0.15) is 420 Å². The molecule has 0 aromatic carbocycles. The number of rotatable bonds is 70. The van der Waals surface area contributed by atoms with Gasteiger partial charge in [-0.05, 0) is 225 Å². The molecule has 0 spiro atoms. The first-order valence-corrected chi connectivity index (χ1v) is 41.3. The number of carboxylic acid groups (broad SMARTS) is 5. The Balaban J connectivity index is -0.000000279. The van der Waals surface area contributed by atoms with E-state index in [2.05, 4.69) is 156 Å². The number of allylic oxidation sites excluding steroid dienone is 20. The molecule has 0 unspecified atom stereocenters. The summed E-state index contributed by atoms with van der Waals surface area (Å²) in [5.41, 5.74) is 0. The van der Waals surface area contributed by atoms with E-state index < -0.39 is 29.8 Å². The molecule has 0 fully saturated rings. The number of hydrogen-bond donors (Lipinski definition) is 0. The molecule has 0 amide bonds. The largest absolute Gasteiger partial charge is 0.550 e. The molecule has 0 aromatic heterocycles. The molecule has 0 rings (SSSR count). The van der Waals surface area contributed by atoms with E-state index in [0.717, 1.165) is 161 Å². The Bertz CT molecular complexity index is 1670. The van der Waals surface area contributed by atoms with Crippen molar-refractivity contribution in [1.82, 2.24) is 0 Å². The molecule has 0 heterocycles. The summed E-state index contributed by atoms with van der Waals surface area (Å²) in [6.07, 6.45) is 110. The molecule has 0 aliphatic heterocycles. The van der Waals surface area contributed by atoms with E-state index in [1.54, 1.807) is 0 Å². The van der Waals surface area contributed by atoms with Crippen molar-refractivity contribution in [3.8, 4) is 0 Å². The van der Waals surface area contributed by atoms with E-state index in [1.807, 2.05) is 0 Å². The van der Waals surface area contributed by atoms with Gasteiger partial charge in [0, 0.05) is 48.4 Å². The van der Waals surface area contributed by atoms with Gasteiger partial charge in [0.25, 0.3) is 0 Å². The number of carboxylic acids is 5. The minimum Gasteiger partial charge on any atom is -0.550 e. The molecule has 0 bridgehead atoms. The van der Waals surface area contributed by atoms with Gasteiger partial charge in [-0.15, -0.1) is 0 Å². The van der Waals surface area contributed by atoms with Crippen LogP contribution in [0.4, 0.5) is 0 Å². The van der Waals surface area contributed by atoms with E-state index in [9.17, 15) is 49.5 Å². The van der Waals surface area contributed by atoms with Crippen molar-refractivity contribution in [1.29, 1.82) is 0 Å². The first-order valence-electron chi connectivity index (χ1n) is 41.3. The second kappa shape index (κ2) is 104. The molecule has 0 saturated heterocycles. The van der Waals surface area contributed by atoms with Crippen LogP contribution in [0.25, 0.3) is 0 Å². The van der Waals surface area contributed by atoms with Crippen molar-refractivity contribution in [3.05, 3.63) is 122 Å². The van der Waals surface area contributed by atoms with Crippen molar-refractivity contribution in [3.63, 3.8) is 0 Å². The minimum absolute atomic E-state index is 0.